The summed E-state index contributed by atoms with van der Waals surface area (Å²) in [4.78, 5) is 19.6. The molecule has 1 aromatic heterocycles. The van der Waals surface area contributed by atoms with E-state index in [0.29, 0.717) is 16.4 Å². The molecule has 0 spiro atoms. The van der Waals surface area contributed by atoms with Crippen LogP contribution in [0.1, 0.15) is 0 Å². The lowest BCUT2D eigenvalue weighted by atomic mass is 10.3. The summed E-state index contributed by atoms with van der Waals surface area (Å²) in [5.41, 5.74) is -1.05. The number of para-hydroxylation sites is 1. The largest absolute Gasteiger partial charge is 0.365 e. The molecule has 0 N–H and O–H groups in total. The van der Waals surface area contributed by atoms with Crippen LogP contribution in [-0.4, -0.2) is 33.4 Å². The molecule has 128 valence electrons. The number of non-ortho nitro benzene ring substituents is 1. The van der Waals surface area contributed by atoms with Crippen molar-refractivity contribution >= 4 is 32.5 Å². The molecule has 0 unspecified atom stereocenters. The van der Waals surface area contributed by atoms with Crippen LogP contribution in [0.4, 0.5) is 11.4 Å². The van der Waals surface area contributed by atoms with Gasteiger partial charge in [-0.3, -0.25) is 24.5 Å². The Bertz CT molecular complexity index is 1110. The maximum atomic E-state index is 12.4. The first-order chi connectivity index (χ1) is 11.8. The van der Waals surface area contributed by atoms with Crippen LogP contribution in [0.25, 0.3) is 11.0 Å². The monoisotopic (exact) mass is 365 g/mol. The van der Waals surface area contributed by atoms with Gasteiger partial charge in [0.2, 0.25) is 0 Å². The minimum atomic E-state index is -4.70. The molecule has 2 aromatic carbocycles. The first-order valence-corrected chi connectivity index (χ1v) is 7.89. The number of fused-ring (bicyclic) bond motifs is 1. The molecule has 0 saturated carbocycles. The van der Waals surface area contributed by atoms with Gasteiger partial charge in [0, 0.05) is 6.07 Å². The minimum absolute atomic E-state index is 0.218. The second-order valence-corrected chi connectivity index (χ2v) is 6.14. The van der Waals surface area contributed by atoms with Crippen LogP contribution in [0.3, 0.4) is 0 Å². The van der Waals surface area contributed by atoms with Crippen molar-refractivity contribution in [3.05, 3.63) is 62.7 Å². The Hall–Kier alpha value is -3.61. The zero-order valence-corrected chi connectivity index (χ0v) is 12.9. The molecule has 12 nitrogen and oxygen atoms in total. The smallest absolute Gasteiger partial charge is 0.264 e. The van der Waals surface area contributed by atoms with Crippen molar-refractivity contribution in [2.24, 2.45) is 0 Å². The predicted octanol–water partition coefficient (Wildman–Crippen LogP) is 1.07. The first kappa shape index (κ1) is 16.3. The molecule has 0 fully saturated rings. The van der Waals surface area contributed by atoms with Gasteiger partial charge in [0.05, 0.1) is 15.9 Å². The Morgan fingerprint density at radius 2 is 1.76 bits per heavy atom. The molecule has 3 rings (SSSR count). The van der Waals surface area contributed by atoms with Crippen molar-refractivity contribution in [2.45, 2.75) is 4.90 Å². The quantitative estimate of drug-likeness (QED) is 0.475. The van der Waals surface area contributed by atoms with Crippen LogP contribution in [0.5, 0.6) is 0 Å². The van der Waals surface area contributed by atoms with Gasteiger partial charge in [0.15, 0.2) is 4.90 Å². The fourth-order valence-corrected chi connectivity index (χ4v) is 3.01. The van der Waals surface area contributed by atoms with E-state index in [-0.39, 0.29) is 5.52 Å². The van der Waals surface area contributed by atoms with Crippen molar-refractivity contribution in [1.29, 1.82) is 0 Å². The van der Waals surface area contributed by atoms with Gasteiger partial charge in [0.1, 0.15) is 11.0 Å². The summed E-state index contributed by atoms with van der Waals surface area (Å²) >= 11 is 0. The second-order valence-electron chi connectivity index (χ2n) is 4.65. The Morgan fingerprint density at radius 3 is 2.44 bits per heavy atom. The fraction of sp³-hybridized carbons (Fsp3) is 0. The summed E-state index contributed by atoms with van der Waals surface area (Å²) in [7, 11) is -4.70. The zero-order valence-electron chi connectivity index (χ0n) is 12.0. The van der Waals surface area contributed by atoms with Gasteiger partial charge in [-0.25, -0.2) is 0 Å². The molecule has 0 aliphatic carbocycles. The molecule has 3 aromatic rings. The summed E-state index contributed by atoms with van der Waals surface area (Å²) < 4.78 is 29.5. The number of nitrogens with zero attached hydrogens (tertiary/aromatic N) is 5. The van der Waals surface area contributed by atoms with Gasteiger partial charge in [0.25, 0.3) is 11.4 Å². The molecule has 1 heterocycles. The normalized spacial score (nSPS) is 11.4. The van der Waals surface area contributed by atoms with Crippen LogP contribution < -0.4 is 4.28 Å². The first-order valence-electron chi connectivity index (χ1n) is 6.48. The van der Waals surface area contributed by atoms with Crippen LogP contribution >= 0.6 is 0 Å². The van der Waals surface area contributed by atoms with Crippen molar-refractivity contribution in [2.75, 3.05) is 0 Å². The highest BCUT2D eigenvalue weighted by atomic mass is 32.2. The number of rotatable bonds is 5. The fourth-order valence-electron chi connectivity index (χ4n) is 2.01. The Balaban J connectivity index is 2.08. The topological polar surface area (TPSA) is 160 Å². The van der Waals surface area contributed by atoms with E-state index in [9.17, 15) is 28.6 Å². The number of hydrogen-bond acceptors (Lipinski definition) is 9. The van der Waals surface area contributed by atoms with Gasteiger partial charge in [-0.1, -0.05) is 17.0 Å². The summed E-state index contributed by atoms with van der Waals surface area (Å²) in [6.07, 6.45) is 0. The summed E-state index contributed by atoms with van der Waals surface area (Å²) in [5, 5.41) is 29.0. The molecule has 0 aliphatic heterocycles. The van der Waals surface area contributed by atoms with E-state index in [1.165, 1.54) is 6.07 Å². The van der Waals surface area contributed by atoms with Crippen molar-refractivity contribution in [3.63, 3.8) is 0 Å². The molecule has 0 aliphatic rings. The Morgan fingerprint density at radius 1 is 1.04 bits per heavy atom. The van der Waals surface area contributed by atoms with Crippen LogP contribution in [-0.2, 0) is 10.1 Å². The number of nitro groups is 2. The van der Waals surface area contributed by atoms with E-state index in [0.717, 1.165) is 12.1 Å². The van der Waals surface area contributed by atoms with Gasteiger partial charge in [-0.05, 0) is 23.4 Å². The zero-order chi connectivity index (χ0) is 18.2. The highest BCUT2D eigenvalue weighted by molar-refractivity contribution is 7.87. The lowest BCUT2D eigenvalue weighted by Gasteiger charge is -2.06. The molecule has 0 radical (unpaired) electrons. The third-order valence-electron chi connectivity index (χ3n) is 3.11. The molecule has 0 atom stereocenters. The standard InChI is InChI=1S/C12H7N5O7S/c18-16(19)8-5-6-12(11(7-8)17(20)21)25(22,23)24-15-10-4-2-1-3-9(10)13-14-15/h1-7H. The van der Waals surface area contributed by atoms with E-state index >= 15 is 0 Å². The van der Waals surface area contributed by atoms with Gasteiger partial charge in [-0.2, -0.15) is 8.42 Å². The van der Waals surface area contributed by atoms with Crippen molar-refractivity contribution < 1.29 is 22.5 Å². The Labute approximate surface area is 138 Å². The highest BCUT2D eigenvalue weighted by Gasteiger charge is 2.31. The van der Waals surface area contributed by atoms with Crippen LogP contribution in [0.15, 0.2) is 47.4 Å². The summed E-state index contributed by atoms with van der Waals surface area (Å²) in [6, 6.07) is 8.37. The Kier molecular flexibility index (Phi) is 3.76. The number of benzene rings is 2. The van der Waals surface area contributed by atoms with Crippen molar-refractivity contribution in [1.82, 2.24) is 15.2 Å². The van der Waals surface area contributed by atoms with E-state index < -0.39 is 36.2 Å². The second kappa shape index (κ2) is 5.79. The predicted molar refractivity (Wildman–Crippen MR) is 81.0 cm³/mol. The molecular weight excluding hydrogens is 358 g/mol. The number of nitro benzene ring substituents is 2. The third kappa shape index (κ3) is 2.94. The average Bonchev–Trinajstić information content (AvgIpc) is 2.96. The van der Waals surface area contributed by atoms with E-state index in [1.54, 1.807) is 18.2 Å². The SMILES string of the molecule is O=[N+]([O-])c1ccc(S(=O)(=O)On2nnc3ccccc32)c([N+](=O)[O-])c1. The van der Waals surface area contributed by atoms with Crippen LogP contribution in [0.2, 0.25) is 0 Å². The molecule has 0 amide bonds. The lowest BCUT2D eigenvalue weighted by molar-refractivity contribution is -0.396. The van der Waals surface area contributed by atoms with Crippen molar-refractivity contribution in [3.8, 4) is 0 Å². The van der Waals surface area contributed by atoms with E-state index in [2.05, 4.69) is 10.3 Å². The molecular formula is C12H7N5O7S. The molecule has 13 heteroatoms. The maximum Gasteiger partial charge on any atom is 0.365 e. The summed E-state index contributed by atoms with van der Waals surface area (Å²) in [5.74, 6) is 0. The lowest BCUT2D eigenvalue weighted by Crippen LogP contribution is -2.22. The van der Waals surface area contributed by atoms with Gasteiger partial charge < -0.3 is 0 Å². The third-order valence-corrected chi connectivity index (χ3v) is 4.33. The summed E-state index contributed by atoms with van der Waals surface area (Å²) in [6.45, 7) is 0. The average molecular weight is 365 g/mol. The molecule has 0 saturated heterocycles. The minimum Gasteiger partial charge on any atom is -0.264 e. The van der Waals surface area contributed by atoms with Crippen LogP contribution in [0, 0.1) is 20.2 Å². The van der Waals surface area contributed by atoms with E-state index in [4.69, 9.17) is 4.28 Å². The van der Waals surface area contributed by atoms with Gasteiger partial charge in [-0.15, -0.1) is 5.10 Å². The van der Waals surface area contributed by atoms with E-state index in [1.807, 2.05) is 0 Å². The molecule has 25 heavy (non-hydrogen) atoms. The molecule has 0 bridgehead atoms. The highest BCUT2D eigenvalue weighted by Crippen LogP contribution is 2.28. The number of aromatic nitrogens is 3. The maximum absolute atomic E-state index is 12.4. The van der Waals surface area contributed by atoms with Gasteiger partial charge >= 0.3 is 10.1 Å². The number of hydrogen-bond donors (Lipinski definition) is 0.